The number of ether oxygens (including phenoxy) is 1. The van der Waals surface area contributed by atoms with E-state index in [0.717, 1.165) is 12.5 Å². The Kier molecular flexibility index (Phi) is 1.68. The zero-order valence-electron chi connectivity index (χ0n) is 5.51. The number of thioether (sulfide) groups is 1. The lowest BCUT2D eigenvalue weighted by atomic mass is 10.0. The summed E-state index contributed by atoms with van der Waals surface area (Å²) < 4.78 is 5.23. The van der Waals surface area contributed by atoms with Crippen LogP contribution in [0.5, 0.6) is 0 Å². The molecular formula is C7H12OS. The summed E-state index contributed by atoms with van der Waals surface area (Å²) in [6.07, 6.45) is 3.49. The van der Waals surface area contributed by atoms with Crippen molar-refractivity contribution in [2.45, 2.75) is 18.9 Å². The molecule has 2 saturated heterocycles. The molecule has 2 atom stereocenters. The predicted octanol–water partition coefficient (Wildman–Crippen LogP) is 1.53. The summed E-state index contributed by atoms with van der Waals surface area (Å²) in [5.41, 5.74) is 0. The SMILES string of the molecule is C1CSCC(C2CO2)C1. The Morgan fingerprint density at radius 2 is 2.33 bits per heavy atom. The highest BCUT2D eigenvalue weighted by Gasteiger charge is 2.33. The van der Waals surface area contributed by atoms with Crippen LogP contribution in [0.15, 0.2) is 0 Å². The van der Waals surface area contributed by atoms with E-state index in [-0.39, 0.29) is 0 Å². The molecule has 52 valence electrons. The Morgan fingerprint density at radius 3 is 2.89 bits per heavy atom. The lowest BCUT2D eigenvalue weighted by molar-refractivity contribution is 0.330. The van der Waals surface area contributed by atoms with E-state index in [0.29, 0.717) is 6.10 Å². The molecule has 2 fully saturated rings. The Labute approximate surface area is 60.2 Å². The normalized spacial score (nSPS) is 42.7. The Bertz CT molecular complexity index is 95.1. The largest absolute Gasteiger partial charge is 0.373 e. The number of hydrogen-bond acceptors (Lipinski definition) is 2. The smallest absolute Gasteiger partial charge is 0.0845 e. The molecule has 0 aromatic rings. The standard InChI is InChI=1S/C7H12OS/c1-2-6(5-9-3-1)7-4-8-7/h6-7H,1-5H2. The van der Waals surface area contributed by atoms with Gasteiger partial charge in [0.15, 0.2) is 0 Å². The van der Waals surface area contributed by atoms with Crippen molar-refractivity contribution < 1.29 is 4.74 Å². The van der Waals surface area contributed by atoms with Gasteiger partial charge in [-0.2, -0.15) is 11.8 Å². The molecule has 2 aliphatic rings. The lowest BCUT2D eigenvalue weighted by Gasteiger charge is -2.18. The van der Waals surface area contributed by atoms with Gasteiger partial charge in [0.05, 0.1) is 12.7 Å². The van der Waals surface area contributed by atoms with Gasteiger partial charge in [0, 0.05) is 0 Å². The van der Waals surface area contributed by atoms with Gasteiger partial charge in [-0.15, -0.1) is 0 Å². The molecule has 0 radical (unpaired) electrons. The molecule has 0 N–H and O–H groups in total. The number of rotatable bonds is 1. The summed E-state index contributed by atoms with van der Waals surface area (Å²) in [7, 11) is 0. The fraction of sp³-hybridized carbons (Fsp3) is 1.00. The van der Waals surface area contributed by atoms with Crippen LogP contribution in [-0.2, 0) is 4.74 Å². The van der Waals surface area contributed by atoms with Gasteiger partial charge in [-0.1, -0.05) is 0 Å². The Morgan fingerprint density at radius 1 is 1.44 bits per heavy atom. The topological polar surface area (TPSA) is 12.5 Å². The van der Waals surface area contributed by atoms with Crippen LogP contribution in [0.2, 0.25) is 0 Å². The molecule has 0 spiro atoms. The van der Waals surface area contributed by atoms with Crippen LogP contribution in [-0.4, -0.2) is 24.2 Å². The molecule has 1 nitrogen and oxygen atoms in total. The van der Waals surface area contributed by atoms with Gasteiger partial charge < -0.3 is 4.74 Å². The molecule has 2 heterocycles. The first-order valence-electron chi connectivity index (χ1n) is 3.66. The maximum atomic E-state index is 5.23. The molecular weight excluding hydrogens is 132 g/mol. The van der Waals surface area contributed by atoms with Crippen molar-refractivity contribution in [1.29, 1.82) is 0 Å². The Balaban J connectivity index is 1.80. The highest BCUT2D eigenvalue weighted by molar-refractivity contribution is 7.99. The highest BCUT2D eigenvalue weighted by atomic mass is 32.2. The van der Waals surface area contributed by atoms with Crippen LogP contribution in [0.25, 0.3) is 0 Å². The molecule has 0 bridgehead atoms. The van der Waals surface area contributed by atoms with Crippen molar-refractivity contribution in [1.82, 2.24) is 0 Å². The first-order valence-corrected chi connectivity index (χ1v) is 4.81. The summed E-state index contributed by atoms with van der Waals surface area (Å²) in [5, 5.41) is 0. The molecule has 2 heteroatoms. The van der Waals surface area contributed by atoms with E-state index in [9.17, 15) is 0 Å². The average molecular weight is 144 g/mol. The molecule has 2 rings (SSSR count). The van der Waals surface area contributed by atoms with E-state index in [1.807, 2.05) is 0 Å². The van der Waals surface area contributed by atoms with Crippen molar-refractivity contribution in [3.63, 3.8) is 0 Å². The molecule has 2 unspecified atom stereocenters. The monoisotopic (exact) mass is 144 g/mol. The third-order valence-electron chi connectivity index (χ3n) is 2.08. The second-order valence-corrected chi connectivity index (χ2v) is 4.00. The van der Waals surface area contributed by atoms with Crippen LogP contribution >= 0.6 is 11.8 Å². The van der Waals surface area contributed by atoms with Crippen molar-refractivity contribution in [3.8, 4) is 0 Å². The number of epoxide rings is 1. The summed E-state index contributed by atoms with van der Waals surface area (Å²) in [6.45, 7) is 1.05. The van der Waals surface area contributed by atoms with Gasteiger partial charge in [-0.05, 0) is 30.3 Å². The molecule has 2 aliphatic heterocycles. The Hall–Kier alpha value is 0.310. The highest BCUT2D eigenvalue weighted by Crippen LogP contribution is 2.31. The molecule has 0 aliphatic carbocycles. The third kappa shape index (κ3) is 1.41. The zero-order valence-corrected chi connectivity index (χ0v) is 6.32. The van der Waals surface area contributed by atoms with Gasteiger partial charge in [-0.3, -0.25) is 0 Å². The molecule has 0 aromatic carbocycles. The van der Waals surface area contributed by atoms with Crippen molar-refractivity contribution in [3.05, 3.63) is 0 Å². The minimum Gasteiger partial charge on any atom is -0.373 e. The van der Waals surface area contributed by atoms with E-state index in [2.05, 4.69) is 11.8 Å². The third-order valence-corrected chi connectivity index (χ3v) is 3.32. The van der Waals surface area contributed by atoms with E-state index in [4.69, 9.17) is 4.74 Å². The van der Waals surface area contributed by atoms with E-state index in [1.165, 1.54) is 24.3 Å². The summed E-state index contributed by atoms with van der Waals surface area (Å²) in [6, 6.07) is 0. The minimum absolute atomic E-state index is 0.665. The number of hydrogen-bond donors (Lipinski definition) is 0. The van der Waals surface area contributed by atoms with Crippen LogP contribution in [0.1, 0.15) is 12.8 Å². The van der Waals surface area contributed by atoms with Crippen LogP contribution in [0, 0.1) is 5.92 Å². The molecule has 0 saturated carbocycles. The van der Waals surface area contributed by atoms with Gasteiger partial charge >= 0.3 is 0 Å². The quantitative estimate of drug-likeness (QED) is 0.517. The van der Waals surface area contributed by atoms with Crippen molar-refractivity contribution in [2.75, 3.05) is 18.1 Å². The molecule has 0 amide bonds. The van der Waals surface area contributed by atoms with Crippen LogP contribution in [0.3, 0.4) is 0 Å². The second-order valence-electron chi connectivity index (χ2n) is 2.85. The molecule has 0 aromatic heterocycles. The maximum absolute atomic E-state index is 5.23. The summed E-state index contributed by atoms with van der Waals surface area (Å²) >= 11 is 2.09. The van der Waals surface area contributed by atoms with Crippen molar-refractivity contribution in [2.24, 2.45) is 5.92 Å². The zero-order chi connectivity index (χ0) is 6.10. The minimum atomic E-state index is 0.665. The van der Waals surface area contributed by atoms with Gasteiger partial charge in [0.25, 0.3) is 0 Å². The molecule has 9 heavy (non-hydrogen) atoms. The fourth-order valence-corrected chi connectivity index (χ4v) is 2.61. The van der Waals surface area contributed by atoms with E-state index < -0.39 is 0 Å². The van der Waals surface area contributed by atoms with Gasteiger partial charge in [0.1, 0.15) is 0 Å². The predicted molar refractivity (Wildman–Crippen MR) is 39.8 cm³/mol. The average Bonchev–Trinajstić information content (AvgIpc) is 2.71. The van der Waals surface area contributed by atoms with Crippen LogP contribution < -0.4 is 0 Å². The lowest BCUT2D eigenvalue weighted by Crippen LogP contribution is -2.15. The van der Waals surface area contributed by atoms with Crippen molar-refractivity contribution >= 4 is 11.8 Å². The van der Waals surface area contributed by atoms with Crippen LogP contribution in [0.4, 0.5) is 0 Å². The first-order chi connectivity index (χ1) is 4.47. The first kappa shape index (κ1) is 6.05. The van der Waals surface area contributed by atoms with Gasteiger partial charge in [0.2, 0.25) is 0 Å². The summed E-state index contributed by atoms with van der Waals surface area (Å²) in [4.78, 5) is 0. The second kappa shape index (κ2) is 2.51. The van der Waals surface area contributed by atoms with E-state index >= 15 is 0 Å². The van der Waals surface area contributed by atoms with E-state index in [1.54, 1.807) is 0 Å². The maximum Gasteiger partial charge on any atom is 0.0845 e. The fourth-order valence-electron chi connectivity index (χ4n) is 1.39. The van der Waals surface area contributed by atoms with Gasteiger partial charge in [-0.25, -0.2) is 0 Å². The summed E-state index contributed by atoms with van der Waals surface area (Å²) in [5.74, 6) is 3.64.